The lowest BCUT2D eigenvalue weighted by Crippen LogP contribution is -2.46. The molecular weight excluding hydrogens is 290 g/mol. The minimum atomic E-state index is -0.156. The summed E-state index contributed by atoms with van der Waals surface area (Å²) < 4.78 is 5.80. The zero-order valence-electron chi connectivity index (χ0n) is 14.3. The summed E-state index contributed by atoms with van der Waals surface area (Å²) >= 11 is 0. The average molecular weight is 319 g/mol. The minimum Gasteiger partial charge on any atom is -0.493 e. The van der Waals surface area contributed by atoms with Crippen molar-refractivity contribution in [2.45, 2.75) is 39.2 Å². The molecule has 0 bridgehead atoms. The van der Waals surface area contributed by atoms with Gasteiger partial charge in [0.25, 0.3) is 0 Å². The average Bonchev–Trinajstić information content (AvgIpc) is 2.56. The Morgan fingerprint density at radius 2 is 2.09 bits per heavy atom. The molecule has 5 heteroatoms. The number of nitrogens with zero attached hydrogens (tertiary/aromatic N) is 2. The molecule has 0 aliphatic carbocycles. The number of ether oxygens (including phenoxy) is 1. The van der Waals surface area contributed by atoms with Crippen LogP contribution in [0.2, 0.25) is 0 Å². The standard InChI is InChI=1S/C18H29N3O2/c1-3-19-18(21-12-9-16(22)10-13-21)20-11-6-14-23-17-8-5-4-7-15(17)2/h4-5,7-8,16,22H,3,6,9-14H2,1-2H3,(H,19,20). The zero-order chi connectivity index (χ0) is 16.5. The van der Waals surface area contributed by atoms with E-state index in [1.165, 1.54) is 0 Å². The van der Waals surface area contributed by atoms with Crippen LogP contribution in [0.5, 0.6) is 5.75 Å². The molecule has 0 aromatic heterocycles. The van der Waals surface area contributed by atoms with E-state index in [0.29, 0.717) is 6.61 Å². The molecule has 23 heavy (non-hydrogen) atoms. The molecule has 1 aromatic carbocycles. The van der Waals surface area contributed by atoms with Crippen LogP contribution in [0.3, 0.4) is 0 Å². The number of aliphatic hydroxyl groups is 1. The van der Waals surface area contributed by atoms with Gasteiger partial charge in [0.05, 0.1) is 12.7 Å². The maximum absolute atomic E-state index is 9.61. The summed E-state index contributed by atoms with van der Waals surface area (Å²) in [5.74, 6) is 1.91. The molecule has 0 amide bonds. The fourth-order valence-electron chi connectivity index (χ4n) is 2.65. The summed E-state index contributed by atoms with van der Waals surface area (Å²) in [7, 11) is 0. The predicted molar refractivity (Wildman–Crippen MR) is 94.1 cm³/mol. The van der Waals surface area contributed by atoms with Gasteiger partial charge in [0.2, 0.25) is 0 Å². The van der Waals surface area contributed by atoms with Crippen molar-refractivity contribution in [3.8, 4) is 5.75 Å². The van der Waals surface area contributed by atoms with Gasteiger partial charge >= 0.3 is 0 Å². The second-order valence-corrected chi connectivity index (χ2v) is 5.92. The Morgan fingerprint density at radius 1 is 1.35 bits per heavy atom. The number of rotatable bonds is 6. The van der Waals surface area contributed by atoms with Crippen molar-refractivity contribution < 1.29 is 9.84 Å². The van der Waals surface area contributed by atoms with Crippen LogP contribution in [0.15, 0.2) is 29.3 Å². The van der Waals surface area contributed by atoms with Gasteiger partial charge in [0.15, 0.2) is 5.96 Å². The molecule has 1 aromatic rings. The fourth-order valence-corrected chi connectivity index (χ4v) is 2.65. The summed E-state index contributed by atoms with van der Waals surface area (Å²) in [5, 5.41) is 13.0. The van der Waals surface area contributed by atoms with Gasteiger partial charge in [-0.1, -0.05) is 18.2 Å². The summed E-state index contributed by atoms with van der Waals surface area (Å²) in [4.78, 5) is 6.92. The normalized spacial score (nSPS) is 16.5. The molecule has 1 heterocycles. The van der Waals surface area contributed by atoms with E-state index in [2.05, 4.69) is 35.1 Å². The van der Waals surface area contributed by atoms with Crippen molar-refractivity contribution >= 4 is 5.96 Å². The molecule has 0 saturated carbocycles. The van der Waals surface area contributed by atoms with Gasteiger partial charge in [0, 0.05) is 32.6 Å². The maximum Gasteiger partial charge on any atom is 0.193 e. The smallest absolute Gasteiger partial charge is 0.193 e. The van der Waals surface area contributed by atoms with E-state index in [9.17, 15) is 5.11 Å². The van der Waals surface area contributed by atoms with Crippen molar-refractivity contribution in [2.24, 2.45) is 4.99 Å². The molecule has 0 spiro atoms. The van der Waals surface area contributed by atoms with E-state index >= 15 is 0 Å². The Balaban J connectivity index is 1.76. The molecule has 1 fully saturated rings. The molecule has 2 N–H and O–H groups in total. The van der Waals surface area contributed by atoms with Crippen molar-refractivity contribution in [1.82, 2.24) is 10.2 Å². The highest BCUT2D eigenvalue weighted by Crippen LogP contribution is 2.16. The third-order valence-corrected chi connectivity index (χ3v) is 4.01. The quantitative estimate of drug-likeness (QED) is 0.479. The number of benzene rings is 1. The van der Waals surface area contributed by atoms with Crippen molar-refractivity contribution in [1.29, 1.82) is 0 Å². The summed E-state index contributed by atoms with van der Waals surface area (Å²) in [6.07, 6.45) is 2.37. The molecule has 5 nitrogen and oxygen atoms in total. The van der Waals surface area contributed by atoms with Crippen LogP contribution in [-0.4, -0.2) is 54.9 Å². The highest BCUT2D eigenvalue weighted by atomic mass is 16.5. The van der Waals surface area contributed by atoms with Crippen LogP contribution in [0.25, 0.3) is 0 Å². The largest absolute Gasteiger partial charge is 0.493 e. The number of hydrogen-bond acceptors (Lipinski definition) is 3. The van der Waals surface area contributed by atoms with Gasteiger partial charge in [-0.2, -0.15) is 0 Å². The fraction of sp³-hybridized carbons (Fsp3) is 0.611. The molecule has 0 atom stereocenters. The van der Waals surface area contributed by atoms with Crippen molar-refractivity contribution in [2.75, 3.05) is 32.8 Å². The zero-order valence-corrected chi connectivity index (χ0v) is 14.3. The van der Waals surface area contributed by atoms with Crippen LogP contribution in [0.1, 0.15) is 31.7 Å². The maximum atomic E-state index is 9.61. The predicted octanol–water partition coefficient (Wildman–Crippen LogP) is 2.19. The topological polar surface area (TPSA) is 57.1 Å². The molecular formula is C18H29N3O2. The van der Waals surface area contributed by atoms with E-state index < -0.39 is 0 Å². The number of aliphatic hydroxyl groups excluding tert-OH is 1. The van der Waals surface area contributed by atoms with E-state index in [0.717, 1.165) is 62.7 Å². The molecule has 1 saturated heterocycles. The second-order valence-electron chi connectivity index (χ2n) is 5.92. The van der Waals surface area contributed by atoms with Crippen LogP contribution in [0, 0.1) is 6.92 Å². The van der Waals surface area contributed by atoms with Gasteiger partial charge in [-0.05, 0) is 38.3 Å². The third kappa shape index (κ3) is 5.75. The van der Waals surface area contributed by atoms with Crippen LogP contribution in [-0.2, 0) is 0 Å². The van der Waals surface area contributed by atoms with E-state index in [1.54, 1.807) is 0 Å². The van der Waals surface area contributed by atoms with E-state index in [-0.39, 0.29) is 6.10 Å². The van der Waals surface area contributed by atoms with Crippen molar-refractivity contribution in [3.05, 3.63) is 29.8 Å². The Labute approximate surface area is 139 Å². The van der Waals surface area contributed by atoms with Gasteiger partial charge in [0.1, 0.15) is 5.75 Å². The molecule has 1 aliphatic rings. The number of piperidine rings is 1. The SMILES string of the molecule is CCNC(=NCCCOc1ccccc1C)N1CCC(O)CC1. The van der Waals surface area contributed by atoms with Crippen LogP contribution >= 0.6 is 0 Å². The number of nitrogens with one attached hydrogen (secondary N) is 1. The molecule has 1 aliphatic heterocycles. The first-order chi connectivity index (χ1) is 11.2. The van der Waals surface area contributed by atoms with E-state index in [4.69, 9.17) is 4.74 Å². The molecule has 0 radical (unpaired) electrons. The molecule has 128 valence electrons. The number of para-hydroxylation sites is 1. The Morgan fingerprint density at radius 3 is 2.78 bits per heavy atom. The number of aliphatic imine (C=N–C) groups is 1. The van der Waals surface area contributed by atoms with Crippen LogP contribution in [0.4, 0.5) is 0 Å². The number of aryl methyl sites for hydroxylation is 1. The highest BCUT2D eigenvalue weighted by Gasteiger charge is 2.19. The Bertz CT molecular complexity index is 497. The third-order valence-electron chi connectivity index (χ3n) is 4.01. The monoisotopic (exact) mass is 319 g/mol. The summed E-state index contributed by atoms with van der Waals surface area (Å²) in [5.41, 5.74) is 1.16. The lowest BCUT2D eigenvalue weighted by molar-refractivity contribution is 0.108. The van der Waals surface area contributed by atoms with E-state index in [1.807, 2.05) is 18.2 Å². The summed E-state index contributed by atoms with van der Waals surface area (Å²) in [6.45, 7) is 8.15. The number of likely N-dealkylation sites (tertiary alicyclic amines) is 1. The van der Waals surface area contributed by atoms with Gasteiger partial charge in [-0.3, -0.25) is 4.99 Å². The molecule has 0 unspecified atom stereocenters. The van der Waals surface area contributed by atoms with Gasteiger partial charge in [-0.25, -0.2) is 0 Å². The number of hydrogen-bond donors (Lipinski definition) is 2. The molecule has 2 rings (SSSR count). The first-order valence-corrected chi connectivity index (χ1v) is 8.60. The van der Waals surface area contributed by atoms with Gasteiger partial charge in [-0.15, -0.1) is 0 Å². The number of guanidine groups is 1. The van der Waals surface area contributed by atoms with Crippen LogP contribution < -0.4 is 10.1 Å². The first-order valence-electron chi connectivity index (χ1n) is 8.60. The second kappa shape index (κ2) is 9.40. The minimum absolute atomic E-state index is 0.156. The highest BCUT2D eigenvalue weighted by molar-refractivity contribution is 5.80. The lowest BCUT2D eigenvalue weighted by atomic mass is 10.1. The Hall–Kier alpha value is -1.75. The van der Waals surface area contributed by atoms with Crippen molar-refractivity contribution in [3.63, 3.8) is 0 Å². The lowest BCUT2D eigenvalue weighted by Gasteiger charge is -2.32. The van der Waals surface area contributed by atoms with Gasteiger partial charge < -0.3 is 20.1 Å². The first kappa shape index (κ1) is 17.6. The Kier molecular flexibility index (Phi) is 7.20. The summed E-state index contributed by atoms with van der Waals surface area (Å²) in [6, 6.07) is 8.07.